The molecule has 0 aromatic rings. The van der Waals surface area contributed by atoms with E-state index in [1.807, 2.05) is 5.92 Å². The van der Waals surface area contributed by atoms with Crippen molar-refractivity contribution in [1.82, 2.24) is 5.32 Å². The zero-order valence-corrected chi connectivity index (χ0v) is 5.50. The van der Waals surface area contributed by atoms with Gasteiger partial charge in [-0.1, -0.05) is 0 Å². The van der Waals surface area contributed by atoms with Crippen molar-refractivity contribution in [2.24, 2.45) is 0 Å². The van der Waals surface area contributed by atoms with Crippen molar-refractivity contribution in [2.45, 2.75) is 18.6 Å². The average molecular weight is 151 g/mol. The van der Waals surface area contributed by atoms with E-state index in [9.17, 15) is 13.2 Å². The molecule has 0 fully saturated rings. The second-order valence-electron chi connectivity index (χ2n) is 1.79. The first-order chi connectivity index (χ1) is 4.52. The molecule has 0 radical (unpaired) electrons. The van der Waals surface area contributed by atoms with E-state index >= 15 is 0 Å². The highest BCUT2D eigenvalue weighted by Crippen LogP contribution is 2.21. The lowest BCUT2D eigenvalue weighted by Gasteiger charge is -2.16. The van der Waals surface area contributed by atoms with Crippen molar-refractivity contribution in [3.8, 4) is 12.3 Å². The summed E-state index contributed by atoms with van der Waals surface area (Å²) in [6.45, 7) is 0. The Morgan fingerprint density at radius 3 is 2.20 bits per heavy atom. The third-order valence-electron chi connectivity index (χ3n) is 1.07. The lowest BCUT2D eigenvalue weighted by molar-refractivity contribution is -0.153. The van der Waals surface area contributed by atoms with Crippen LogP contribution in [0.2, 0.25) is 0 Å². The normalized spacial score (nSPS) is 14.3. The highest BCUT2D eigenvalue weighted by molar-refractivity contribution is 4.92. The number of hydrogen-bond donors (Lipinski definition) is 1. The molecule has 0 saturated carbocycles. The molecule has 0 bridgehead atoms. The van der Waals surface area contributed by atoms with Crippen LogP contribution in [-0.4, -0.2) is 19.3 Å². The van der Waals surface area contributed by atoms with Gasteiger partial charge in [0, 0.05) is 6.42 Å². The van der Waals surface area contributed by atoms with Gasteiger partial charge < -0.3 is 5.32 Å². The minimum absolute atomic E-state index is 0.319. The molecule has 1 nitrogen and oxygen atoms in total. The summed E-state index contributed by atoms with van der Waals surface area (Å²) in [5.41, 5.74) is 0. The molecule has 0 aliphatic heterocycles. The van der Waals surface area contributed by atoms with Gasteiger partial charge in [-0.15, -0.1) is 12.3 Å². The van der Waals surface area contributed by atoms with Crippen LogP contribution < -0.4 is 5.32 Å². The van der Waals surface area contributed by atoms with Gasteiger partial charge in [-0.3, -0.25) is 0 Å². The van der Waals surface area contributed by atoms with Crippen LogP contribution in [0.25, 0.3) is 0 Å². The number of rotatable bonds is 2. The maximum absolute atomic E-state index is 11.7. The highest BCUT2D eigenvalue weighted by atomic mass is 19.4. The highest BCUT2D eigenvalue weighted by Gasteiger charge is 2.37. The zero-order chi connectivity index (χ0) is 8.20. The maximum Gasteiger partial charge on any atom is 0.404 e. The smallest absolute Gasteiger partial charge is 0.308 e. The van der Waals surface area contributed by atoms with Gasteiger partial charge in [0.15, 0.2) is 0 Å². The van der Waals surface area contributed by atoms with Gasteiger partial charge in [0.25, 0.3) is 0 Å². The second kappa shape index (κ2) is 3.47. The number of hydrogen-bond acceptors (Lipinski definition) is 1. The second-order valence-corrected chi connectivity index (χ2v) is 1.79. The van der Waals surface area contributed by atoms with Gasteiger partial charge in [-0.25, -0.2) is 0 Å². The fourth-order valence-corrected chi connectivity index (χ4v) is 0.499. The molecule has 0 spiro atoms. The Labute approximate surface area is 57.6 Å². The Hall–Kier alpha value is -0.690. The van der Waals surface area contributed by atoms with E-state index in [1.165, 1.54) is 7.05 Å². The molecule has 10 heavy (non-hydrogen) atoms. The van der Waals surface area contributed by atoms with Gasteiger partial charge >= 0.3 is 6.18 Å². The van der Waals surface area contributed by atoms with Crippen LogP contribution in [0.1, 0.15) is 6.42 Å². The summed E-state index contributed by atoms with van der Waals surface area (Å²) < 4.78 is 35.2. The molecule has 0 aromatic heterocycles. The topological polar surface area (TPSA) is 12.0 Å². The maximum atomic E-state index is 11.7. The summed E-state index contributed by atoms with van der Waals surface area (Å²) in [5.74, 6) is 1.94. The largest absolute Gasteiger partial charge is 0.404 e. The molecule has 0 aliphatic carbocycles. The monoisotopic (exact) mass is 151 g/mol. The van der Waals surface area contributed by atoms with Gasteiger partial charge in [-0.05, 0) is 7.05 Å². The Balaban J connectivity index is 3.97. The summed E-state index contributed by atoms with van der Waals surface area (Å²) in [6.07, 6.45) is 0.157. The van der Waals surface area contributed by atoms with Gasteiger partial charge in [-0.2, -0.15) is 13.2 Å². The quantitative estimate of drug-likeness (QED) is 0.584. The molecule has 4 heteroatoms. The van der Waals surface area contributed by atoms with Gasteiger partial charge in [0.05, 0.1) is 0 Å². The van der Waals surface area contributed by atoms with Crippen LogP contribution in [0.4, 0.5) is 13.2 Å². The lowest BCUT2D eigenvalue weighted by atomic mass is 10.2. The van der Waals surface area contributed by atoms with Crippen LogP contribution in [0.5, 0.6) is 0 Å². The Kier molecular flexibility index (Phi) is 3.23. The van der Waals surface area contributed by atoms with Crippen LogP contribution in [0, 0.1) is 12.3 Å². The van der Waals surface area contributed by atoms with Crippen molar-refractivity contribution in [2.75, 3.05) is 7.05 Å². The number of nitrogens with one attached hydrogen (secondary N) is 1. The van der Waals surface area contributed by atoms with E-state index in [4.69, 9.17) is 6.42 Å². The number of halogens is 3. The molecule has 0 aliphatic rings. The Morgan fingerprint density at radius 2 is 2.10 bits per heavy atom. The molecular weight excluding hydrogens is 143 g/mol. The Bertz CT molecular complexity index is 133. The van der Waals surface area contributed by atoms with E-state index < -0.39 is 12.2 Å². The molecule has 1 unspecified atom stereocenters. The third kappa shape index (κ3) is 2.74. The lowest BCUT2D eigenvalue weighted by Crippen LogP contribution is -2.39. The van der Waals surface area contributed by atoms with E-state index in [1.54, 1.807) is 0 Å². The minimum Gasteiger partial charge on any atom is -0.308 e. The van der Waals surface area contributed by atoms with Crippen LogP contribution in [0.3, 0.4) is 0 Å². The summed E-state index contributed by atoms with van der Waals surface area (Å²) in [4.78, 5) is 0. The van der Waals surface area contributed by atoms with Crippen LogP contribution in [-0.2, 0) is 0 Å². The van der Waals surface area contributed by atoms with Crippen molar-refractivity contribution in [3.05, 3.63) is 0 Å². The first-order valence-corrected chi connectivity index (χ1v) is 2.69. The van der Waals surface area contributed by atoms with Crippen LogP contribution in [0.15, 0.2) is 0 Å². The molecular formula is C6H8F3N. The zero-order valence-electron chi connectivity index (χ0n) is 5.50. The van der Waals surface area contributed by atoms with Crippen molar-refractivity contribution in [3.63, 3.8) is 0 Å². The molecule has 58 valence electrons. The fourth-order valence-electron chi connectivity index (χ4n) is 0.499. The average Bonchev–Trinajstić information content (AvgIpc) is 1.80. The van der Waals surface area contributed by atoms with Gasteiger partial charge in [0.1, 0.15) is 6.04 Å². The molecule has 0 saturated heterocycles. The van der Waals surface area contributed by atoms with E-state index in [-0.39, 0.29) is 6.42 Å². The van der Waals surface area contributed by atoms with Crippen molar-refractivity contribution in [1.29, 1.82) is 0 Å². The minimum atomic E-state index is -4.23. The van der Waals surface area contributed by atoms with Crippen molar-refractivity contribution >= 4 is 0 Å². The Morgan fingerprint density at radius 1 is 1.60 bits per heavy atom. The van der Waals surface area contributed by atoms with E-state index in [0.29, 0.717) is 0 Å². The summed E-state index contributed by atoms with van der Waals surface area (Å²) in [5, 5.41) is 2.08. The first-order valence-electron chi connectivity index (χ1n) is 2.69. The summed E-state index contributed by atoms with van der Waals surface area (Å²) in [7, 11) is 1.23. The van der Waals surface area contributed by atoms with Crippen LogP contribution >= 0.6 is 0 Å². The fraction of sp³-hybridized carbons (Fsp3) is 0.667. The third-order valence-corrected chi connectivity index (χ3v) is 1.07. The molecule has 0 heterocycles. The van der Waals surface area contributed by atoms with Crippen molar-refractivity contribution < 1.29 is 13.2 Å². The predicted molar refractivity (Wildman–Crippen MR) is 32.4 cm³/mol. The number of terminal acetylenes is 1. The van der Waals surface area contributed by atoms with E-state index in [0.717, 1.165) is 0 Å². The van der Waals surface area contributed by atoms with E-state index in [2.05, 4.69) is 5.32 Å². The SMILES string of the molecule is C#CCC(NC)C(F)(F)F. The summed E-state index contributed by atoms with van der Waals surface area (Å²) >= 11 is 0. The first kappa shape index (κ1) is 9.31. The molecule has 0 amide bonds. The molecule has 0 aromatic carbocycles. The molecule has 1 N–H and O–H groups in total. The summed E-state index contributed by atoms with van der Waals surface area (Å²) in [6, 6.07) is -1.57. The standard InChI is InChI=1S/C6H8F3N/c1-3-4-5(10-2)6(7,8)9/h1,5,10H,4H2,2H3. The van der Waals surface area contributed by atoms with Gasteiger partial charge in [0.2, 0.25) is 0 Å². The molecule has 1 atom stereocenters. The predicted octanol–water partition coefficient (Wildman–Crippen LogP) is 1.16. The molecule has 0 rings (SSSR count). The number of alkyl halides is 3.